The van der Waals surface area contributed by atoms with Crippen molar-refractivity contribution >= 4 is 45.6 Å². The van der Waals surface area contributed by atoms with E-state index in [2.05, 4.69) is 57.0 Å². The number of likely N-dealkylation sites (N-methyl/N-ethyl adjacent to an activating group) is 2. The highest BCUT2D eigenvalue weighted by atomic mass is 16.5. The van der Waals surface area contributed by atoms with Gasteiger partial charge in [0.25, 0.3) is 0 Å². The van der Waals surface area contributed by atoms with E-state index in [1.807, 2.05) is 30.1 Å². The highest BCUT2D eigenvalue weighted by Crippen LogP contribution is 2.44. The predicted molar refractivity (Wildman–Crippen MR) is 165 cm³/mol. The number of nitrogens with one attached hydrogen (secondary N) is 1. The number of amides is 1. The third-order valence-electron chi connectivity index (χ3n) is 8.10. The molecule has 0 bridgehead atoms. The van der Waals surface area contributed by atoms with Crippen LogP contribution in [0.5, 0.6) is 5.75 Å². The van der Waals surface area contributed by atoms with Gasteiger partial charge in [0.1, 0.15) is 11.6 Å². The topological polar surface area (TPSA) is 105 Å². The number of benzene rings is 2. The van der Waals surface area contributed by atoms with E-state index < -0.39 is 0 Å². The number of hydrogen-bond donors (Lipinski definition) is 2. The average molecular weight is 555 g/mol. The highest BCUT2D eigenvalue weighted by molar-refractivity contribution is 6.09. The van der Waals surface area contributed by atoms with Crippen molar-refractivity contribution in [2.45, 2.75) is 32.2 Å². The molecule has 2 aliphatic heterocycles. The van der Waals surface area contributed by atoms with Gasteiger partial charge in [-0.25, -0.2) is 9.97 Å². The van der Waals surface area contributed by atoms with Gasteiger partial charge in [-0.2, -0.15) is 0 Å². The first-order valence-electron chi connectivity index (χ1n) is 14.2. The number of nitrogens with two attached hydrogens (primary N) is 1. The number of carbonyl (C=O) groups excluding carboxylic acids is 1. The maximum atomic E-state index is 13.0. The Balaban J connectivity index is 1.40. The van der Waals surface area contributed by atoms with Gasteiger partial charge in [0.2, 0.25) is 11.9 Å². The lowest BCUT2D eigenvalue weighted by atomic mass is 10.0. The molecule has 1 saturated heterocycles. The van der Waals surface area contributed by atoms with Crippen LogP contribution in [0.25, 0.3) is 22.2 Å². The molecule has 214 valence electrons. The SMILES string of the molecule is COc1cc(N(C)CCN(C)C)c(N)cc1Nc1nccc(-c2c(N3CCCC3=O)n3c4c(cccc24)CCC3)n1. The van der Waals surface area contributed by atoms with E-state index in [1.54, 1.807) is 13.3 Å². The van der Waals surface area contributed by atoms with E-state index in [9.17, 15) is 4.79 Å². The number of ether oxygens (including phenoxy) is 1. The summed E-state index contributed by atoms with van der Waals surface area (Å²) in [5.41, 5.74) is 13.0. The summed E-state index contributed by atoms with van der Waals surface area (Å²) in [6.45, 7) is 3.34. The quantitative estimate of drug-likeness (QED) is 0.292. The summed E-state index contributed by atoms with van der Waals surface area (Å²) in [5, 5.41) is 4.46. The molecule has 0 saturated carbocycles. The Morgan fingerprint density at radius 3 is 2.66 bits per heavy atom. The lowest BCUT2D eigenvalue weighted by molar-refractivity contribution is -0.117. The van der Waals surface area contributed by atoms with Gasteiger partial charge in [-0.1, -0.05) is 18.2 Å². The van der Waals surface area contributed by atoms with Crippen LogP contribution in [0.1, 0.15) is 24.8 Å². The van der Waals surface area contributed by atoms with Crippen LogP contribution in [0.2, 0.25) is 0 Å². The van der Waals surface area contributed by atoms with Crippen LogP contribution in [-0.2, 0) is 17.8 Å². The number of aromatic nitrogens is 3. The van der Waals surface area contributed by atoms with E-state index in [-0.39, 0.29) is 5.91 Å². The zero-order valence-corrected chi connectivity index (χ0v) is 24.3. The van der Waals surface area contributed by atoms with Gasteiger partial charge < -0.3 is 30.2 Å². The Labute approximate surface area is 240 Å². The molecule has 0 spiro atoms. The third-order valence-corrected chi connectivity index (χ3v) is 8.10. The molecule has 4 heterocycles. The van der Waals surface area contributed by atoms with Crippen molar-refractivity contribution in [3.63, 3.8) is 0 Å². The number of nitrogen functional groups attached to an aromatic ring is 1. The second kappa shape index (κ2) is 10.9. The van der Waals surface area contributed by atoms with Crippen molar-refractivity contribution in [1.82, 2.24) is 19.4 Å². The lowest BCUT2D eigenvalue weighted by Gasteiger charge is -2.24. The molecule has 4 aromatic rings. The Kier molecular flexibility index (Phi) is 7.17. The van der Waals surface area contributed by atoms with E-state index in [4.69, 9.17) is 15.5 Å². The van der Waals surface area contributed by atoms with Crippen molar-refractivity contribution < 1.29 is 9.53 Å². The fraction of sp³-hybridized carbons (Fsp3) is 0.387. The van der Waals surface area contributed by atoms with Gasteiger partial charge in [-0.3, -0.25) is 9.69 Å². The number of aryl methyl sites for hydroxylation is 2. The van der Waals surface area contributed by atoms with Gasteiger partial charge in [-0.05, 0) is 51.1 Å². The molecule has 0 radical (unpaired) electrons. The average Bonchev–Trinajstić information content (AvgIpc) is 3.53. The summed E-state index contributed by atoms with van der Waals surface area (Å²) in [6, 6.07) is 12.2. The van der Waals surface area contributed by atoms with Crippen LogP contribution in [0.4, 0.5) is 28.8 Å². The van der Waals surface area contributed by atoms with Crippen molar-refractivity contribution in [2.75, 3.05) is 68.7 Å². The summed E-state index contributed by atoms with van der Waals surface area (Å²) in [5.74, 6) is 2.20. The number of methoxy groups -OCH3 is 1. The van der Waals surface area contributed by atoms with Crippen LogP contribution < -0.4 is 25.6 Å². The van der Waals surface area contributed by atoms with Crippen molar-refractivity contribution in [3.8, 4) is 17.0 Å². The molecule has 1 fully saturated rings. The number of nitrogens with zero attached hydrogens (tertiary/aromatic N) is 6. The number of para-hydroxylation sites is 1. The molecule has 2 aromatic heterocycles. The first kappa shape index (κ1) is 26.9. The molecule has 6 rings (SSSR count). The highest BCUT2D eigenvalue weighted by Gasteiger charge is 2.32. The molecule has 10 heteroatoms. The van der Waals surface area contributed by atoms with Gasteiger partial charge in [0, 0.05) is 57.3 Å². The number of hydrogen-bond acceptors (Lipinski definition) is 8. The van der Waals surface area contributed by atoms with Gasteiger partial charge >= 0.3 is 0 Å². The smallest absolute Gasteiger partial charge is 0.228 e. The Bertz CT molecular complexity index is 1610. The maximum absolute atomic E-state index is 13.0. The van der Waals surface area contributed by atoms with Crippen LogP contribution in [-0.4, -0.2) is 73.2 Å². The first-order valence-corrected chi connectivity index (χ1v) is 14.2. The molecule has 2 aliphatic rings. The molecule has 1 amide bonds. The molecule has 3 N–H and O–H groups in total. The maximum Gasteiger partial charge on any atom is 0.228 e. The molecule has 10 nitrogen and oxygen atoms in total. The van der Waals surface area contributed by atoms with Gasteiger partial charge in [0.05, 0.1) is 40.9 Å². The predicted octanol–water partition coefficient (Wildman–Crippen LogP) is 4.50. The molecular weight excluding hydrogens is 516 g/mol. The molecular formula is C31H38N8O2. The Hall–Kier alpha value is -4.31. The summed E-state index contributed by atoms with van der Waals surface area (Å²) in [4.78, 5) is 28.7. The normalized spacial score (nSPS) is 14.8. The zero-order chi connectivity index (χ0) is 28.7. The molecule has 2 aromatic carbocycles. The van der Waals surface area contributed by atoms with Crippen molar-refractivity contribution in [3.05, 3.63) is 48.2 Å². The van der Waals surface area contributed by atoms with Crippen LogP contribution in [0, 0.1) is 0 Å². The lowest BCUT2D eigenvalue weighted by Crippen LogP contribution is -2.29. The van der Waals surface area contributed by atoms with Crippen molar-refractivity contribution in [2.24, 2.45) is 0 Å². The second-order valence-corrected chi connectivity index (χ2v) is 11.1. The molecule has 0 unspecified atom stereocenters. The summed E-state index contributed by atoms with van der Waals surface area (Å²) < 4.78 is 8.07. The number of carbonyl (C=O) groups is 1. The minimum Gasteiger partial charge on any atom is -0.494 e. The second-order valence-electron chi connectivity index (χ2n) is 11.1. The summed E-state index contributed by atoms with van der Waals surface area (Å²) >= 11 is 0. The minimum atomic E-state index is 0.167. The molecule has 0 aliphatic carbocycles. The van der Waals surface area contributed by atoms with Gasteiger partial charge in [-0.15, -0.1) is 0 Å². The van der Waals surface area contributed by atoms with E-state index >= 15 is 0 Å². The van der Waals surface area contributed by atoms with Crippen LogP contribution in [0.15, 0.2) is 42.6 Å². The largest absolute Gasteiger partial charge is 0.494 e. The fourth-order valence-electron chi connectivity index (χ4n) is 6.06. The van der Waals surface area contributed by atoms with Crippen LogP contribution >= 0.6 is 0 Å². The monoisotopic (exact) mass is 554 g/mol. The standard InChI is InChI=1S/C31H38N8O2/c1-36(2)16-17-37(3)25-19-26(41-4)24(18-22(25)32)35-31-33-13-12-23(34-31)28-21-10-5-8-20-9-6-15-39(29(20)21)30(28)38-14-7-11-27(38)40/h5,8,10,12-13,18-19H,6-7,9,11,14-17,32H2,1-4H3,(H,33,34,35). The summed E-state index contributed by atoms with van der Waals surface area (Å²) in [7, 11) is 7.77. The molecule has 41 heavy (non-hydrogen) atoms. The van der Waals surface area contributed by atoms with Gasteiger partial charge in [0.15, 0.2) is 0 Å². The molecule has 0 atom stereocenters. The number of rotatable bonds is 9. The summed E-state index contributed by atoms with van der Waals surface area (Å²) in [6.07, 6.45) is 5.28. The van der Waals surface area contributed by atoms with E-state index in [0.717, 1.165) is 73.6 Å². The third kappa shape index (κ3) is 4.93. The minimum absolute atomic E-state index is 0.167. The Morgan fingerprint density at radius 2 is 1.90 bits per heavy atom. The van der Waals surface area contributed by atoms with E-state index in [1.165, 1.54) is 11.1 Å². The van der Waals surface area contributed by atoms with Crippen molar-refractivity contribution in [1.29, 1.82) is 0 Å². The Morgan fingerprint density at radius 1 is 1.07 bits per heavy atom. The van der Waals surface area contributed by atoms with E-state index in [0.29, 0.717) is 29.5 Å². The zero-order valence-electron chi connectivity index (χ0n) is 24.3. The number of anilines is 5. The fourth-order valence-corrected chi connectivity index (χ4v) is 6.06. The van der Waals surface area contributed by atoms with Crippen LogP contribution in [0.3, 0.4) is 0 Å². The first-order chi connectivity index (χ1) is 19.9.